The molecule has 0 atom stereocenters. The van der Waals surface area contributed by atoms with Crippen molar-refractivity contribution in [3.63, 3.8) is 0 Å². The summed E-state index contributed by atoms with van der Waals surface area (Å²) in [5.41, 5.74) is 0.845. The van der Waals surface area contributed by atoms with Gasteiger partial charge >= 0.3 is 5.97 Å². The quantitative estimate of drug-likeness (QED) is 0.735. The molecule has 92 valence electrons. The fourth-order valence-corrected chi connectivity index (χ4v) is 2.12. The molecule has 0 aromatic carbocycles. The molecule has 0 amide bonds. The van der Waals surface area contributed by atoms with Gasteiger partial charge in [0, 0.05) is 19.3 Å². The minimum Gasteiger partial charge on any atom is -0.465 e. The van der Waals surface area contributed by atoms with Gasteiger partial charge in [-0.05, 0) is 24.0 Å². The Hall–Kier alpha value is -1.58. The van der Waals surface area contributed by atoms with Crippen molar-refractivity contribution in [1.82, 2.24) is 4.98 Å². The third-order valence-corrected chi connectivity index (χ3v) is 3.17. The van der Waals surface area contributed by atoms with Crippen molar-refractivity contribution >= 4 is 11.8 Å². The Kier molecular flexibility index (Phi) is 3.05. The smallest absolute Gasteiger partial charge is 0.339 e. The molecule has 1 aliphatic heterocycles. The maximum atomic E-state index is 11.3. The maximum absolute atomic E-state index is 11.3. The van der Waals surface area contributed by atoms with Crippen LogP contribution in [-0.4, -0.2) is 31.2 Å². The Balaban J connectivity index is 2.11. The molecule has 0 spiro atoms. The topological polar surface area (TPSA) is 42.4 Å². The number of anilines is 1. The average molecular weight is 234 g/mol. The highest BCUT2D eigenvalue weighted by Crippen LogP contribution is 2.31. The first kappa shape index (κ1) is 11.9. The predicted octanol–water partition coefficient (Wildman–Crippen LogP) is 2.10. The number of ether oxygens (including phenoxy) is 1. The van der Waals surface area contributed by atoms with Gasteiger partial charge in [-0.2, -0.15) is 0 Å². The van der Waals surface area contributed by atoms with E-state index in [1.165, 1.54) is 13.5 Å². The summed E-state index contributed by atoms with van der Waals surface area (Å²) in [7, 11) is 1.37. The summed E-state index contributed by atoms with van der Waals surface area (Å²) in [5.74, 6) is 0.592. The van der Waals surface area contributed by atoms with E-state index in [4.69, 9.17) is 0 Å². The number of methoxy groups -OCH3 is 1. The molecule has 0 radical (unpaired) electrons. The maximum Gasteiger partial charge on any atom is 0.339 e. The SMILES string of the molecule is COC(=O)c1ccc(N2CCC(C)(C)C2)nc1. The van der Waals surface area contributed by atoms with E-state index in [2.05, 4.69) is 28.5 Å². The van der Waals surface area contributed by atoms with Gasteiger partial charge in [0.25, 0.3) is 0 Å². The minimum atomic E-state index is -0.342. The summed E-state index contributed by atoms with van der Waals surface area (Å²) in [6, 6.07) is 3.65. The van der Waals surface area contributed by atoms with Crippen LogP contribution in [0.3, 0.4) is 0 Å². The molecule has 4 nitrogen and oxygen atoms in total. The summed E-state index contributed by atoms with van der Waals surface area (Å²) in [5, 5.41) is 0. The summed E-state index contributed by atoms with van der Waals surface area (Å²) in [6.45, 7) is 6.56. The van der Waals surface area contributed by atoms with E-state index in [0.29, 0.717) is 11.0 Å². The third-order valence-electron chi connectivity index (χ3n) is 3.17. The van der Waals surface area contributed by atoms with E-state index in [0.717, 1.165) is 18.9 Å². The minimum absolute atomic E-state index is 0.342. The van der Waals surface area contributed by atoms with Gasteiger partial charge in [-0.15, -0.1) is 0 Å². The standard InChI is InChI=1S/C13H18N2O2/c1-13(2)6-7-15(9-13)11-5-4-10(8-14-11)12(16)17-3/h4-5,8H,6-7,9H2,1-3H3. The van der Waals surface area contributed by atoms with Crippen LogP contribution < -0.4 is 4.90 Å². The number of carbonyl (C=O) groups excluding carboxylic acids is 1. The molecule has 17 heavy (non-hydrogen) atoms. The van der Waals surface area contributed by atoms with Gasteiger partial charge in [0.05, 0.1) is 12.7 Å². The molecule has 4 heteroatoms. The first-order valence-corrected chi connectivity index (χ1v) is 5.81. The van der Waals surface area contributed by atoms with Crippen LogP contribution in [0.15, 0.2) is 18.3 Å². The van der Waals surface area contributed by atoms with Crippen molar-refractivity contribution in [3.8, 4) is 0 Å². The van der Waals surface area contributed by atoms with Crippen molar-refractivity contribution in [2.75, 3.05) is 25.1 Å². The zero-order valence-electron chi connectivity index (χ0n) is 10.6. The molecular weight excluding hydrogens is 216 g/mol. The molecule has 0 saturated carbocycles. The Labute approximate surface area is 102 Å². The van der Waals surface area contributed by atoms with Crippen molar-refractivity contribution in [3.05, 3.63) is 23.9 Å². The van der Waals surface area contributed by atoms with Crippen LogP contribution in [0, 0.1) is 5.41 Å². The van der Waals surface area contributed by atoms with Crippen LogP contribution in [-0.2, 0) is 4.74 Å². The van der Waals surface area contributed by atoms with Gasteiger partial charge in [0.2, 0.25) is 0 Å². The highest BCUT2D eigenvalue weighted by atomic mass is 16.5. The molecule has 2 rings (SSSR count). The number of rotatable bonds is 2. The largest absolute Gasteiger partial charge is 0.465 e. The first-order valence-electron chi connectivity index (χ1n) is 5.81. The van der Waals surface area contributed by atoms with Crippen molar-refractivity contribution in [1.29, 1.82) is 0 Å². The molecule has 1 aromatic heterocycles. The van der Waals surface area contributed by atoms with Gasteiger partial charge in [0.15, 0.2) is 0 Å². The molecule has 1 fully saturated rings. The normalized spacial score (nSPS) is 18.2. The molecule has 0 bridgehead atoms. The Morgan fingerprint density at radius 3 is 2.71 bits per heavy atom. The molecule has 0 unspecified atom stereocenters. The second kappa shape index (κ2) is 4.35. The van der Waals surface area contributed by atoms with E-state index in [9.17, 15) is 4.79 Å². The van der Waals surface area contributed by atoms with Gasteiger partial charge in [0.1, 0.15) is 5.82 Å². The van der Waals surface area contributed by atoms with Crippen molar-refractivity contribution in [2.45, 2.75) is 20.3 Å². The summed E-state index contributed by atoms with van der Waals surface area (Å²) in [6.07, 6.45) is 2.75. The zero-order chi connectivity index (χ0) is 12.5. The molecule has 1 saturated heterocycles. The molecule has 1 aliphatic rings. The molecule has 0 aliphatic carbocycles. The van der Waals surface area contributed by atoms with E-state index >= 15 is 0 Å². The lowest BCUT2D eigenvalue weighted by molar-refractivity contribution is 0.0600. The Morgan fingerprint density at radius 1 is 1.47 bits per heavy atom. The number of hydrogen-bond acceptors (Lipinski definition) is 4. The molecule has 1 aromatic rings. The van der Waals surface area contributed by atoms with E-state index in [-0.39, 0.29) is 5.97 Å². The lowest BCUT2D eigenvalue weighted by Gasteiger charge is -2.20. The lowest BCUT2D eigenvalue weighted by Crippen LogP contribution is -2.23. The van der Waals surface area contributed by atoms with E-state index < -0.39 is 0 Å². The van der Waals surface area contributed by atoms with Gasteiger partial charge in [-0.1, -0.05) is 13.8 Å². The zero-order valence-corrected chi connectivity index (χ0v) is 10.6. The fourth-order valence-electron chi connectivity index (χ4n) is 2.12. The number of carbonyl (C=O) groups is 1. The van der Waals surface area contributed by atoms with Crippen LogP contribution in [0.2, 0.25) is 0 Å². The van der Waals surface area contributed by atoms with Crippen LogP contribution in [0.4, 0.5) is 5.82 Å². The highest BCUT2D eigenvalue weighted by Gasteiger charge is 2.29. The average Bonchev–Trinajstić information content (AvgIpc) is 2.69. The predicted molar refractivity (Wildman–Crippen MR) is 66.2 cm³/mol. The van der Waals surface area contributed by atoms with Gasteiger partial charge in [-0.25, -0.2) is 9.78 Å². The van der Waals surface area contributed by atoms with Crippen LogP contribution >= 0.6 is 0 Å². The van der Waals surface area contributed by atoms with Gasteiger partial charge < -0.3 is 9.64 Å². The van der Waals surface area contributed by atoms with E-state index in [1.807, 2.05) is 6.07 Å². The molecule has 0 N–H and O–H groups in total. The first-order chi connectivity index (χ1) is 8.02. The second-order valence-corrected chi connectivity index (χ2v) is 5.23. The Bertz CT molecular complexity index is 412. The van der Waals surface area contributed by atoms with Gasteiger partial charge in [-0.3, -0.25) is 0 Å². The number of esters is 1. The number of aromatic nitrogens is 1. The summed E-state index contributed by atoms with van der Waals surface area (Å²) >= 11 is 0. The fraction of sp³-hybridized carbons (Fsp3) is 0.538. The van der Waals surface area contributed by atoms with Crippen LogP contribution in [0.25, 0.3) is 0 Å². The third kappa shape index (κ3) is 2.57. The molecular formula is C13H18N2O2. The second-order valence-electron chi connectivity index (χ2n) is 5.23. The number of pyridine rings is 1. The van der Waals surface area contributed by atoms with Crippen molar-refractivity contribution < 1.29 is 9.53 Å². The highest BCUT2D eigenvalue weighted by molar-refractivity contribution is 5.89. The number of nitrogens with zero attached hydrogens (tertiary/aromatic N) is 2. The lowest BCUT2D eigenvalue weighted by atomic mass is 9.93. The van der Waals surface area contributed by atoms with Crippen LogP contribution in [0.5, 0.6) is 0 Å². The monoisotopic (exact) mass is 234 g/mol. The Morgan fingerprint density at radius 2 is 2.24 bits per heavy atom. The van der Waals surface area contributed by atoms with E-state index in [1.54, 1.807) is 12.3 Å². The number of hydrogen-bond donors (Lipinski definition) is 0. The van der Waals surface area contributed by atoms with Crippen molar-refractivity contribution in [2.24, 2.45) is 5.41 Å². The van der Waals surface area contributed by atoms with Crippen LogP contribution in [0.1, 0.15) is 30.6 Å². The molecule has 2 heterocycles. The summed E-state index contributed by atoms with van der Waals surface area (Å²) < 4.78 is 4.64. The summed E-state index contributed by atoms with van der Waals surface area (Å²) in [4.78, 5) is 17.8.